The maximum Gasteiger partial charge on any atom is 0.410 e. The Bertz CT molecular complexity index is 2550. The van der Waals surface area contributed by atoms with E-state index in [9.17, 15) is 31.1 Å². The minimum Gasteiger partial charge on any atom is -0.493 e. The van der Waals surface area contributed by atoms with Crippen molar-refractivity contribution in [2.75, 3.05) is 58.7 Å². The third kappa shape index (κ3) is 7.83. The molecule has 3 N–H and O–H groups in total. The number of carbonyl (C=O) groups excluding carboxylic acids is 1. The van der Waals surface area contributed by atoms with E-state index in [1.54, 1.807) is 65.6 Å². The van der Waals surface area contributed by atoms with Crippen LogP contribution in [0.5, 0.6) is 23.0 Å². The number of rotatable bonds is 11. The first-order valence-electron chi connectivity index (χ1n) is 20.8. The molecule has 0 spiro atoms. The second-order valence-electron chi connectivity index (χ2n) is 16.1. The van der Waals surface area contributed by atoms with Gasteiger partial charge in [0.25, 0.3) is 0 Å². The van der Waals surface area contributed by atoms with Crippen molar-refractivity contribution in [3.63, 3.8) is 0 Å². The van der Waals surface area contributed by atoms with Crippen LogP contribution in [0.4, 0.5) is 38.0 Å². The molecule has 1 amide bonds. The second-order valence-corrected chi connectivity index (χ2v) is 16.1. The zero-order valence-corrected chi connectivity index (χ0v) is 35.9. The fraction of sp³-hybridized carbons (Fsp3) is 0.356. The molecule has 0 unspecified atom stereocenters. The van der Waals surface area contributed by atoms with Gasteiger partial charge in [-0.25, -0.2) is 9.36 Å². The molecule has 4 atom stereocenters. The van der Waals surface area contributed by atoms with E-state index >= 15 is 0 Å². The minimum absolute atomic E-state index is 0.160. The van der Waals surface area contributed by atoms with Gasteiger partial charge in [0.15, 0.2) is 35.1 Å². The smallest absolute Gasteiger partial charge is 0.410 e. The molecular formula is C45H44F6N10O5. The van der Waals surface area contributed by atoms with Gasteiger partial charge in [-0.1, -0.05) is 12.1 Å². The third-order valence-electron chi connectivity index (χ3n) is 12.5. The normalized spacial score (nSPS) is 20.3. The van der Waals surface area contributed by atoms with Crippen molar-refractivity contribution in [1.29, 1.82) is 0 Å². The quantitative estimate of drug-likeness (QED) is 0.0857. The lowest BCUT2D eigenvalue weighted by Crippen LogP contribution is -2.59. The summed E-state index contributed by atoms with van der Waals surface area (Å²) < 4.78 is 111. The largest absolute Gasteiger partial charge is 0.493 e. The molecule has 0 aliphatic carbocycles. The number of carbonyl (C=O) groups is 1. The Balaban J connectivity index is 1.01. The number of anilines is 2. The number of aromatic nitrogens is 6. The summed E-state index contributed by atoms with van der Waals surface area (Å²) in [5, 5.41) is 18.5. The topological polar surface area (TPSA) is 155 Å². The number of nitrogens with one attached hydrogen (secondary N) is 3. The van der Waals surface area contributed by atoms with Gasteiger partial charge >= 0.3 is 12.4 Å². The number of fused-ring (bicyclic) bond motifs is 2. The lowest BCUT2D eigenvalue weighted by atomic mass is 9.86. The first kappa shape index (κ1) is 44.2. The molecule has 7 heterocycles. The standard InChI is InChI=1S/C45H44F6N10O5/c1-63-33-9-5-25(15-35(33)65-3)29-17-39(44(46,47)48)60-41(55-29)19-31(57-60)27-7-11-37(53-21-27)43(23-52-13-14-59(43)24-62)38-12-8-28(22-54-38)32-20-42-56-30(18-40(45(49,50)51)61(42)58-32)26-6-10-34(64-2)36(16-26)66-4/h5-12,15-16,19-22,24,29-30,39-40,52,55-56H,13-14,17-18,23H2,1-4H3/t29-,30-,39+,40+/m0/s1. The van der Waals surface area contributed by atoms with Gasteiger partial charge in [-0.2, -0.15) is 36.5 Å². The summed E-state index contributed by atoms with van der Waals surface area (Å²) in [7, 11) is 5.86. The average molecular weight is 919 g/mol. The summed E-state index contributed by atoms with van der Waals surface area (Å²) in [5.74, 6) is 1.98. The van der Waals surface area contributed by atoms with Crippen molar-refractivity contribution >= 4 is 18.0 Å². The zero-order chi connectivity index (χ0) is 46.5. The Morgan fingerprint density at radius 3 is 1.47 bits per heavy atom. The molecule has 21 heteroatoms. The molecule has 346 valence electrons. The van der Waals surface area contributed by atoms with E-state index in [0.717, 1.165) is 9.36 Å². The Morgan fingerprint density at radius 1 is 0.636 bits per heavy atom. The number of benzene rings is 2. The molecule has 3 aliphatic rings. The first-order chi connectivity index (χ1) is 31.7. The lowest BCUT2D eigenvalue weighted by molar-refractivity contribution is -0.174. The van der Waals surface area contributed by atoms with Crippen LogP contribution < -0.4 is 34.9 Å². The van der Waals surface area contributed by atoms with E-state index in [4.69, 9.17) is 28.9 Å². The van der Waals surface area contributed by atoms with Crippen LogP contribution in [0, 0.1) is 0 Å². The first-order valence-corrected chi connectivity index (χ1v) is 20.8. The van der Waals surface area contributed by atoms with Gasteiger partial charge < -0.3 is 39.8 Å². The highest BCUT2D eigenvalue weighted by Crippen LogP contribution is 2.48. The fourth-order valence-electron chi connectivity index (χ4n) is 9.10. The van der Waals surface area contributed by atoms with Crippen LogP contribution in [-0.4, -0.2) is 101 Å². The SMILES string of the molecule is COc1ccc([C@@H]2C[C@H](C(F)(F)F)n3nc(-c4ccc(C5(c6ccc(-c7cc8n(n7)[C@@H](C(F)(F)F)C[C@@H](c7ccc(OC)c(OC)c7)N8)cn6)CNCCN5C=O)nc4)cc3N2)cc1OC. The fourth-order valence-corrected chi connectivity index (χ4v) is 9.10. The van der Waals surface area contributed by atoms with Crippen LogP contribution in [0.3, 0.4) is 0 Å². The predicted octanol–water partition coefficient (Wildman–Crippen LogP) is 7.86. The number of amides is 1. The van der Waals surface area contributed by atoms with E-state index in [1.165, 1.54) is 53.0 Å². The maximum absolute atomic E-state index is 14.6. The summed E-state index contributed by atoms with van der Waals surface area (Å²) in [6, 6.07) is 14.4. The van der Waals surface area contributed by atoms with Crippen molar-refractivity contribution in [2.24, 2.45) is 0 Å². The number of nitrogens with zero attached hydrogens (tertiary/aromatic N) is 7. The molecule has 1 saturated heterocycles. The molecule has 6 aromatic rings. The molecular weight excluding hydrogens is 875 g/mol. The predicted molar refractivity (Wildman–Crippen MR) is 229 cm³/mol. The van der Waals surface area contributed by atoms with E-state index < -0.39 is 42.1 Å². The molecule has 3 aliphatic heterocycles. The van der Waals surface area contributed by atoms with E-state index in [1.807, 2.05) is 0 Å². The second kappa shape index (κ2) is 17.1. The number of hydrogen-bond donors (Lipinski definition) is 3. The van der Waals surface area contributed by atoms with E-state index in [2.05, 4.69) is 26.1 Å². The van der Waals surface area contributed by atoms with Gasteiger partial charge in [0, 0.05) is 68.1 Å². The van der Waals surface area contributed by atoms with Crippen molar-refractivity contribution < 1.29 is 50.1 Å². The van der Waals surface area contributed by atoms with Gasteiger partial charge in [0.05, 0.1) is 63.3 Å². The molecule has 0 bridgehead atoms. The van der Waals surface area contributed by atoms with Gasteiger partial charge in [-0.3, -0.25) is 14.8 Å². The van der Waals surface area contributed by atoms with Crippen molar-refractivity contribution in [1.82, 2.24) is 39.7 Å². The van der Waals surface area contributed by atoms with Crippen LogP contribution in [0.25, 0.3) is 22.5 Å². The molecule has 15 nitrogen and oxygen atoms in total. The average Bonchev–Trinajstić information content (AvgIpc) is 3.97. The summed E-state index contributed by atoms with van der Waals surface area (Å²) in [4.78, 5) is 23.8. The minimum atomic E-state index is -4.62. The summed E-state index contributed by atoms with van der Waals surface area (Å²) in [6.07, 6.45) is -6.22. The highest BCUT2D eigenvalue weighted by atomic mass is 19.4. The molecule has 2 aromatic carbocycles. The molecule has 0 radical (unpaired) electrons. The number of alkyl halides is 6. The van der Waals surface area contributed by atoms with Crippen molar-refractivity contribution in [3.8, 4) is 45.5 Å². The maximum atomic E-state index is 14.6. The molecule has 1 fully saturated rings. The van der Waals surface area contributed by atoms with Crippen LogP contribution in [0.15, 0.2) is 85.2 Å². The molecule has 9 rings (SSSR count). The number of pyridine rings is 2. The number of hydrogen-bond acceptors (Lipinski definition) is 12. The van der Waals surface area contributed by atoms with E-state index in [-0.39, 0.29) is 49.0 Å². The van der Waals surface area contributed by atoms with Gasteiger partial charge in [0.2, 0.25) is 6.41 Å². The molecule has 66 heavy (non-hydrogen) atoms. The number of ether oxygens (including phenoxy) is 4. The molecule has 0 saturated carbocycles. The molecule has 4 aromatic heterocycles. The summed E-state index contributed by atoms with van der Waals surface area (Å²) >= 11 is 0. The highest BCUT2D eigenvalue weighted by molar-refractivity contribution is 5.66. The van der Waals surface area contributed by atoms with Gasteiger partial charge in [-0.05, 0) is 59.7 Å². The number of halogens is 6. The zero-order valence-electron chi connectivity index (χ0n) is 35.9. The van der Waals surface area contributed by atoms with Crippen LogP contribution in [0.1, 0.15) is 59.5 Å². The van der Waals surface area contributed by atoms with Crippen LogP contribution in [-0.2, 0) is 10.3 Å². The van der Waals surface area contributed by atoms with Gasteiger partial charge in [-0.15, -0.1) is 0 Å². The Kier molecular flexibility index (Phi) is 11.4. The van der Waals surface area contributed by atoms with Crippen LogP contribution >= 0.6 is 0 Å². The number of piperazine rings is 1. The van der Waals surface area contributed by atoms with Crippen LogP contribution in [0.2, 0.25) is 0 Å². The Hall–Kier alpha value is -7.03. The summed E-state index contributed by atoms with van der Waals surface area (Å²) in [5.41, 5.74) is 2.05. The summed E-state index contributed by atoms with van der Waals surface area (Å²) in [6.45, 7) is 0.965. The van der Waals surface area contributed by atoms with Gasteiger partial charge in [0.1, 0.15) is 17.2 Å². The highest BCUT2D eigenvalue weighted by Gasteiger charge is 2.49. The Morgan fingerprint density at radius 2 is 1.09 bits per heavy atom. The lowest BCUT2D eigenvalue weighted by Gasteiger charge is -2.44. The van der Waals surface area contributed by atoms with Crippen molar-refractivity contribution in [3.05, 3.63) is 108 Å². The van der Waals surface area contributed by atoms with E-state index in [0.29, 0.717) is 69.6 Å². The Labute approximate surface area is 374 Å². The van der Waals surface area contributed by atoms with Crippen molar-refractivity contribution in [2.45, 2.75) is 54.9 Å². The monoisotopic (exact) mass is 918 g/mol. The third-order valence-corrected chi connectivity index (χ3v) is 12.5. The number of methoxy groups -OCH3 is 4.